The second-order valence-corrected chi connectivity index (χ2v) is 9.68. The maximum atomic E-state index is 12.5. The van der Waals surface area contributed by atoms with Crippen LogP contribution in [0.15, 0.2) is 67.2 Å². The van der Waals surface area contributed by atoms with Gasteiger partial charge in [-0.25, -0.2) is 4.98 Å². The van der Waals surface area contributed by atoms with Gasteiger partial charge in [-0.1, -0.05) is 36.4 Å². The molecule has 5 rings (SSSR count). The van der Waals surface area contributed by atoms with Gasteiger partial charge in [-0.15, -0.1) is 11.3 Å². The number of carbonyl (C=O) groups is 3. The van der Waals surface area contributed by atoms with Crippen LogP contribution in [0, 0.1) is 0 Å². The minimum absolute atomic E-state index is 0.0586. The van der Waals surface area contributed by atoms with E-state index in [0.717, 1.165) is 27.4 Å². The van der Waals surface area contributed by atoms with Crippen molar-refractivity contribution in [3.05, 3.63) is 88.8 Å². The van der Waals surface area contributed by atoms with Crippen LogP contribution >= 0.6 is 11.3 Å². The van der Waals surface area contributed by atoms with Crippen molar-refractivity contribution in [3.63, 3.8) is 0 Å². The van der Waals surface area contributed by atoms with E-state index in [9.17, 15) is 14.4 Å². The summed E-state index contributed by atoms with van der Waals surface area (Å²) in [6.45, 7) is 4.51. The Kier molecular flexibility index (Phi) is 6.15. The summed E-state index contributed by atoms with van der Waals surface area (Å²) in [6, 6.07) is 11.6. The molecule has 2 aliphatic heterocycles. The Balaban J connectivity index is 1.55. The highest BCUT2D eigenvalue weighted by molar-refractivity contribution is 7.16. The number of amides is 3. The first-order valence-electron chi connectivity index (χ1n) is 11.5. The van der Waals surface area contributed by atoms with E-state index in [-0.39, 0.29) is 29.7 Å². The number of carbonyl (C=O) groups excluding carboxylic acids is 3. The summed E-state index contributed by atoms with van der Waals surface area (Å²) < 4.78 is 0. The van der Waals surface area contributed by atoms with Crippen molar-refractivity contribution >= 4 is 40.3 Å². The Bertz CT molecular complexity index is 1430. The Morgan fingerprint density at radius 1 is 0.972 bits per heavy atom. The molecule has 8 nitrogen and oxygen atoms in total. The number of hydrogen-bond acceptors (Lipinski definition) is 5. The SMILES string of the molecule is CC(=O)Nc1nc(-c2ccc(C3c4ccccc4C=CN3C(C)=O)[nH]2)c(C2C=CN(C(C)=O)C=C2)s1. The number of aromatic amines is 1. The van der Waals surface area contributed by atoms with Gasteiger partial charge in [0.1, 0.15) is 11.7 Å². The van der Waals surface area contributed by atoms with Crippen LogP contribution in [0.3, 0.4) is 0 Å². The molecule has 1 unspecified atom stereocenters. The Hall–Kier alpha value is -4.24. The number of nitrogens with zero attached hydrogens (tertiary/aromatic N) is 3. The van der Waals surface area contributed by atoms with Crippen LogP contribution in [0.5, 0.6) is 0 Å². The molecular formula is C27H25N5O3S. The van der Waals surface area contributed by atoms with Crippen LogP contribution in [-0.2, 0) is 14.4 Å². The first-order valence-corrected chi connectivity index (χ1v) is 12.3. The lowest BCUT2D eigenvalue weighted by atomic mass is 9.94. The van der Waals surface area contributed by atoms with Crippen LogP contribution in [0.4, 0.5) is 5.13 Å². The summed E-state index contributed by atoms with van der Waals surface area (Å²) in [5.41, 5.74) is 4.43. The third-order valence-corrected chi connectivity index (χ3v) is 7.19. The summed E-state index contributed by atoms with van der Waals surface area (Å²) in [6.07, 6.45) is 11.1. The van der Waals surface area contributed by atoms with E-state index in [4.69, 9.17) is 4.98 Å². The van der Waals surface area contributed by atoms with Crippen molar-refractivity contribution in [2.24, 2.45) is 0 Å². The smallest absolute Gasteiger partial charge is 0.227 e. The molecule has 0 fully saturated rings. The number of benzene rings is 1. The maximum Gasteiger partial charge on any atom is 0.227 e. The minimum atomic E-state index is -0.298. The zero-order chi connectivity index (χ0) is 25.4. The van der Waals surface area contributed by atoms with Crippen molar-refractivity contribution < 1.29 is 14.4 Å². The van der Waals surface area contributed by atoms with Crippen molar-refractivity contribution in [2.75, 3.05) is 5.32 Å². The molecule has 0 saturated carbocycles. The number of thiazole rings is 1. The molecule has 2 aliphatic rings. The molecule has 182 valence electrons. The van der Waals surface area contributed by atoms with Crippen LogP contribution in [0.2, 0.25) is 0 Å². The van der Waals surface area contributed by atoms with E-state index >= 15 is 0 Å². The molecule has 2 N–H and O–H groups in total. The van der Waals surface area contributed by atoms with E-state index in [2.05, 4.69) is 10.3 Å². The highest BCUT2D eigenvalue weighted by Crippen LogP contribution is 2.41. The molecule has 0 saturated heterocycles. The average Bonchev–Trinajstić information content (AvgIpc) is 3.50. The first-order chi connectivity index (χ1) is 17.3. The summed E-state index contributed by atoms with van der Waals surface area (Å²) >= 11 is 1.39. The number of rotatable bonds is 4. The maximum absolute atomic E-state index is 12.5. The third-order valence-electron chi connectivity index (χ3n) is 6.12. The van der Waals surface area contributed by atoms with E-state index in [0.29, 0.717) is 10.8 Å². The monoisotopic (exact) mass is 499 g/mol. The summed E-state index contributed by atoms with van der Waals surface area (Å²) in [4.78, 5) is 48.3. The molecule has 0 bridgehead atoms. The van der Waals surface area contributed by atoms with Gasteiger partial charge in [-0.05, 0) is 29.3 Å². The second kappa shape index (κ2) is 9.43. The molecular weight excluding hydrogens is 474 g/mol. The summed E-state index contributed by atoms with van der Waals surface area (Å²) in [5, 5.41) is 3.28. The zero-order valence-electron chi connectivity index (χ0n) is 20.1. The fraction of sp³-hybridized carbons (Fsp3) is 0.185. The van der Waals surface area contributed by atoms with Crippen molar-refractivity contribution in [1.29, 1.82) is 0 Å². The van der Waals surface area contributed by atoms with Crippen LogP contribution < -0.4 is 5.32 Å². The Morgan fingerprint density at radius 3 is 2.42 bits per heavy atom. The zero-order valence-corrected chi connectivity index (χ0v) is 20.9. The van der Waals surface area contributed by atoms with Crippen molar-refractivity contribution in [3.8, 4) is 11.4 Å². The minimum Gasteiger partial charge on any atom is -0.355 e. The van der Waals surface area contributed by atoms with Gasteiger partial charge in [0.2, 0.25) is 17.7 Å². The van der Waals surface area contributed by atoms with Gasteiger partial charge in [0.15, 0.2) is 5.13 Å². The molecule has 36 heavy (non-hydrogen) atoms. The number of hydrogen-bond donors (Lipinski definition) is 2. The van der Waals surface area contributed by atoms with Crippen LogP contribution in [0.1, 0.15) is 54.4 Å². The van der Waals surface area contributed by atoms with E-state index in [1.165, 1.54) is 30.1 Å². The number of H-pyrrole nitrogens is 1. The molecule has 0 radical (unpaired) electrons. The summed E-state index contributed by atoms with van der Waals surface area (Å²) in [5.74, 6) is -0.449. The number of fused-ring (bicyclic) bond motifs is 1. The number of nitrogens with one attached hydrogen (secondary N) is 2. The topological polar surface area (TPSA) is 98.4 Å². The molecule has 3 aromatic rings. The first kappa shape index (κ1) is 23.5. The molecule has 0 aliphatic carbocycles. The second-order valence-electron chi connectivity index (χ2n) is 8.65. The van der Waals surface area contributed by atoms with Crippen LogP contribution in [-0.4, -0.2) is 37.5 Å². The lowest BCUT2D eigenvalue weighted by Gasteiger charge is -2.32. The molecule has 1 aromatic carbocycles. The number of aromatic nitrogens is 2. The third kappa shape index (κ3) is 4.40. The fourth-order valence-electron chi connectivity index (χ4n) is 4.45. The van der Waals surface area contributed by atoms with E-state index in [1.807, 2.05) is 60.8 Å². The van der Waals surface area contributed by atoms with Gasteiger partial charge < -0.3 is 15.2 Å². The number of allylic oxidation sites excluding steroid dienone is 2. The molecule has 3 amide bonds. The lowest BCUT2D eigenvalue weighted by Crippen LogP contribution is -2.31. The van der Waals surface area contributed by atoms with Gasteiger partial charge in [0.05, 0.1) is 5.69 Å². The van der Waals surface area contributed by atoms with Crippen molar-refractivity contribution in [2.45, 2.75) is 32.7 Å². The van der Waals surface area contributed by atoms with Crippen molar-refractivity contribution in [1.82, 2.24) is 19.8 Å². The highest BCUT2D eigenvalue weighted by atomic mass is 32.1. The predicted octanol–water partition coefficient (Wildman–Crippen LogP) is 4.99. The molecule has 1 atom stereocenters. The van der Waals surface area contributed by atoms with Crippen LogP contribution in [0.25, 0.3) is 17.5 Å². The summed E-state index contributed by atoms with van der Waals surface area (Å²) in [7, 11) is 0. The number of anilines is 1. The largest absolute Gasteiger partial charge is 0.355 e. The molecule has 4 heterocycles. The highest BCUT2D eigenvalue weighted by Gasteiger charge is 2.30. The van der Waals surface area contributed by atoms with E-state index < -0.39 is 0 Å². The molecule has 9 heteroatoms. The lowest BCUT2D eigenvalue weighted by molar-refractivity contribution is -0.127. The van der Waals surface area contributed by atoms with Gasteiger partial charge >= 0.3 is 0 Å². The fourth-order valence-corrected chi connectivity index (χ4v) is 5.53. The van der Waals surface area contributed by atoms with Gasteiger partial charge in [0, 0.05) is 55.9 Å². The van der Waals surface area contributed by atoms with Gasteiger partial charge in [-0.2, -0.15) is 0 Å². The Morgan fingerprint density at radius 2 is 1.72 bits per heavy atom. The normalized spacial score (nSPS) is 16.8. The molecule has 0 spiro atoms. The molecule has 2 aromatic heterocycles. The quantitative estimate of drug-likeness (QED) is 0.528. The predicted molar refractivity (Wildman–Crippen MR) is 140 cm³/mol. The Labute approximate surface area is 212 Å². The van der Waals surface area contributed by atoms with E-state index in [1.54, 1.807) is 24.2 Å². The van der Waals surface area contributed by atoms with Gasteiger partial charge in [-0.3, -0.25) is 19.3 Å². The standard InChI is InChI=1S/C27H25N5O3S/c1-16(33)28-27-30-24(26(36-27)20-10-13-31(14-11-20)17(2)34)22-8-9-23(29-22)25-21-7-5-4-6-19(21)12-15-32(25)18(3)35/h4-15,20,25,29H,1-3H3,(H,28,30,33). The average molecular weight is 500 g/mol. The van der Waals surface area contributed by atoms with Gasteiger partial charge in [0.25, 0.3) is 0 Å².